The summed E-state index contributed by atoms with van der Waals surface area (Å²) in [4.78, 5) is 35.2. The molecule has 0 aliphatic carbocycles. The number of nitrogens with one attached hydrogen (secondary N) is 3. The normalized spacial score (nSPS) is 11.8. The Labute approximate surface area is 134 Å². The molecule has 1 aromatic carbocycles. The number of aromatic nitrogens is 4. The number of hydrogen-bond acceptors (Lipinski definition) is 3. The van der Waals surface area contributed by atoms with E-state index < -0.39 is 5.97 Å². The molecule has 0 aliphatic heterocycles. The Balaban J connectivity index is 2.17. The van der Waals surface area contributed by atoms with Crippen LogP contribution in [-0.2, 0) is 0 Å². The molecule has 0 radical (unpaired) electrons. The first-order chi connectivity index (χ1) is 11.4. The molecule has 3 rings (SSSR count). The van der Waals surface area contributed by atoms with Crippen molar-refractivity contribution in [2.24, 2.45) is 0 Å². The summed E-state index contributed by atoms with van der Waals surface area (Å²) in [6.45, 7) is 5.50. The van der Waals surface area contributed by atoms with Crippen molar-refractivity contribution in [2.45, 2.75) is 6.92 Å². The van der Waals surface area contributed by atoms with E-state index in [9.17, 15) is 14.4 Å². The number of H-pyrrole nitrogens is 3. The fraction of sp³-hybridized carbons (Fsp3) is 0.0625. The van der Waals surface area contributed by atoms with Gasteiger partial charge in [0.2, 0.25) is 0 Å². The van der Waals surface area contributed by atoms with Crippen molar-refractivity contribution in [3.63, 3.8) is 0 Å². The molecule has 0 unspecified atom stereocenters. The van der Waals surface area contributed by atoms with Gasteiger partial charge in [0, 0.05) is 5.69 Å². The lowest BCUT2D eigenvalue weighted by Gasteiger charge is -2.01. The minimum absolute atomic E-state index is 0.120. The van der Waals surface area contributed by atoms with Crippen molar-refractivity contribution in [3.05, 3.63) is 72.4 Å². The predicted octanol–water partition coefficient (Wildman–Crippen LogP) is -0.572. The summed E-state index contributed by atoms with van der Waals surface area (Å²) in [5, 5.41) is 17.5. The highest BCUT2D eigenvalue weighted by Crippen LogP contribution is 2.06. The number of carboxylic acids is 1. The van der Waals surface area contributed by atoms with Crippen LogP contribution in [0.4, 0.5) is 0 Å². The summed E-state index contributed by atoms with van der Waals surface area (Å²) >= 11 is 0. The zero-order chi connectivity index (χ0) is 17.4. The van der Waals surface area contributed by atoms with E-state index in [4.69, 9.17) is 5.11 Å². The molecule has 0 fully saturated rings. The minimum atomic E-state index is -1.05. The third-order valence-corrected chi connectivity index (χ3v) is 3.68. The van der Waals surface area contributed by atoms with Crippen molar-refractivity contribution in [2.75, 3.05) is 0 Å². The summed E-state index contributed by atoms with van der Waals surface area (Å²) in [7, 11) is 0. The summed E-state index contributed by atoms with van der Waals surface area (Å²) in [6.07, 6.45) is 1.47. The molecule has 0 spiro atoms. The standard InChI is InChI=1S/C16H14N4O4/c1-8-12(14(21)18-17-8)7-13-9(2)19-20(15(13)22)11-5-3-10(4-6-11)16(23)24/h3-7,19H,2H2,1H3,(H,23,24)(H2,17,18,21). The number of aryl methyl sites for hydroxylation is 1. The van der Waals surface area contributed by atoms with E-state index >= 15 is 0 Å². The van der Waals surface area contributed by atoms with Crippen molar-refractivity contribution in [3.8, 4) is 5.69 Å². The first-order valence-corrected chi connectivity index (χ1v) is 7.01. The Morgan fingerprint density at radius 2 is 1.88 bits per heavy atom. The number of carbonyl (C=O) groups is 1. The Morgan fingerprint density at radius 1 is 1.21 bits per heavy atom. The molecule has 0 atom stereocenters. The molecule has 0 saturated heterocycles. The maximum absolute atomic E-state index is 12.6. The second-order valence-electron chi connectivity index (χ2n) is 5.26. The van der Waals surface area contributed by atoms with Gasteiger partial charge in [0.15, 0.2) is 0 Å². The van der Waals surface area contributed by atoms with Gasteiger partial charge in [-0.15, -0.1) is 0 Å². The number of benzene rings is 1. The molecular formula is C16H14N4O4. The van der Waals surface area contributed by atoms with E-state index in [1.165, 1.54) is 35.0 Å². The molecule has 122 valence electrons. The Kier molecular flexibility index (Phi) is 3.57. The fourth-order valence-corrected chi connectivity index (χ4v) is 2.35. The number of aromatic carboxylic acids is 1. The molecule has 3 aromatic rings. The van der Waals surface area contributed by atoms with E-state index in [0.29, 0.717) is 22.3 Å². The zero-order valence-corrected chi connectivity index (χ0v) is 12.7. The minimum Gasteiger partial charge on any atom is -0.478 e. The lowest BCUT2D eigenvalue weighted by atomic mass is 10.2. The van der Waals surface area contributed by atoms with E-state index in [1.54, 1.807) is 6.92 Å². The van der Waals surface area contributed by atoms with Crippen LogP contribution in [0, 0.1) is 6.92 Å². The van der Waals surface area contributed by atoms with Crippen LogP contribution in [0.1, 0.15) is 21.6 Å². The van der Waals surface area contributed by atoms with Gasteiger partial charge in [-0.1, -0.05) is 6.58 Å². The Hall–Kier alpha value is -3.55. The maximum atomic E-state index is 12.6. The Morgan fingerprint density at radius 3 is 2.42 bits per heavy atom. The van der Waals surface area contributed by atoms with Crippen LogP contribution in [0.2, 0.25) is 0 Å². The van der Waals surface area contributed by atoms with Gasteiger partial charge in [0.05, 0.1) is 27.4 Å². The second kappa shape index (κ2) is 5.58. The van der Waals surface area contributed by atoms with Crippen LogP contribution in [0.25, 0.3) is 18.3 Å². The number of rotatable bonds is 3. The highest BCUT2D eigenvalue weighted by atomic mass is 16.4. The molecule has 8 nitrogen and oxygen atoms in total. The monoisotopic (exact) mass is 326 g/mol. The maximum Gasteiger partial charge on any atom is 0.335 e. The van der Waals surface area contributed by atoms with E-state index in [2.05, 4.69) is 21.9 Å². The highest BCUT2D eigenvalue weighted by molar-refractivity contribution is 5.87. The van der Waals surface area contributed by atoms with Gasteiger partial charge in [-0.25, -0.2) is 9.48 Å². The molecule has 8 heteroatoms. The van der Waals surface area contributed by atoms with Crippen molar-refractivity contribution in [1.29, 1.82) is 0 Å². The smallest absolute Gasteiger partial charge is 0.335 e. The average molecular weight is 326 g/mol. The molecule has 0 aliphatic rings. The van der Waals surface area contributed by atoms with Gasteiger partial charge in [0.1, 0.15) is 0 Å². The van der Waals surface area contributed by atoms with E-state index in [1.807, 2.05) is 0 Å². The first kappa shape index (κ1) is 15.3. The van der Waals surface area contributed by atoms with Gasteiger partial charge < -0.3 is 10.2 Å². The topological polar surface area (TPSA) is 124 Å². The third kappa shape index (κ3) is 2.50. The SMILES string of the molecule is C=c1[nH]n(-c2ccc(C(=O)O)cc2)c(=O)c1=Cc1c(C)[nH][nH]c1=O. The molecule has 24 heavy (non-hydrogen) atoms. The average Bonchev–Trinajstić information content (AvgIpc) is 3.02. The van der Waals surface area contributed by atoms with Gasteiger partial charge >= 0.3 is 5.97 Å². The molecule has 2 heterocycles. The van der Waals surface area contributed by atoms with Crippen LogP contribution in [-0.4, -0.2) is 31.1 Å². The molecule has 2 aromatic heterocycles. The summed E-state index contributed by atoms with van der Waals surface area (Å²) in [5.41, 5.74) is 0.832. The number of hydrogen-bond donors (Lipinski definition) is 4. The number of carboxylic acid groups (broad SMARTS) is 1. The number of nitrogens with zero attached hydrogens (tertiary/aromatic N) is 1. The summed E-state index contributed by atoms with van der Waals surface area (Å²) < 4.78 is 1.25. The second-order valence-corrected chi connectivity index (χ2v) is 5.26. The molecule has 4 N–H and O–H groups in total. The lowest BCUT2D eigenvalue weighted by molar-refractivity contribution is 0.0697. The summed E-state index contributed by atoms with van der Waals surface area (Å²) in [6, 6.07) is 5.83. The summed E-state index contributed by atoms with van der Waals surface area (Å²) in [5.74, 6) is -1.05. The third-order valence-electron chi connectivity index (χ3n) is 3.68. The largest absolute Gasteiger partial charge is 0.478 e. The van der Waals surface area contributed by atoms with E-state index in [-0.39, 0.29) is 21.9 Å². The fourth-order valence-electron chi connectivity index (χ4n) is 2.35. The van der Waals surface area contributed by atoms with Crippen LogP contribution in [0.3, 0.4) is 0 Å². The van der Waals surface area contributed by atoms with Crippen molar-refractivity contribution in [1.82, 2.24) is 20.0 Å². The molecule has 0 bridgehead atoms. The Bertz CT molecular complexity index is 1140. The van der Waals surface area contributed by atoms with Gasteiger partial charge in [0.25, 0.3) is 11.1 Å². The predicted molar refractivity (Wildman–Crippen MR) is 87.8 cm³/mol. The molecular weight excluding hydrogens is 312 g/mol. The van der Waals surface area contributed by atoms with Gasteiger partial charge in [-0.2, -0.15) is 0 Å². The van der Waals surface area contributed by atoms with Crippen LogP contribution in [0.5, 0.6) is 0 Å². The molecule has 0 amide bonds. The van der Waals surface area contributed by atoms with Crippen LogP contribution in [0.15, 0.2) is 33.9 Å². The van der Waals surface area contributed by atoms with Crippen LogP contribution < -0.4 is 21.7 Å². The number of aromatic amines is 3. The van der Waals surface area contributed by atoms with Gasteiger partial charge in [-0.3, -0.25) is 19.8 Å². The van der Waals surface area contributed by atoms with Crippen LogP contribution >= 0.6 is 0 Å². The van der Waals surface area contributed by atoms with E-state index in [0.717, 1.165) is 0 Å². The molecule has 0 saturated carbocycles. The first-order valence-electron chi connectivity index (χ1n) is 7.01. The highest BCUT2D eigenvalue weighted by Gasteiger charge is 2.09. The quantitative estimate of drug-likeness (QED) is 0.514. The lowest BCUT2D eigenvalue weighted by Crippen LogP contribution is -2.34. The van der Waals surface area contributed by atoms with Crippen molar-refractivity contribution >= 4 is 18.6 Å². The zero-order valence-electron chi connectivity index (χ0n) is 12.7. The van der Waals surface area contributed by atoms with Crippen molar-refractivity contribution < 1.29 is 9.90 Å². The van der Waals surface area contributed by atoms with Gasteiger partial charge in [-0.05, 0) is 37.3 Å².